The van der Waals surface area contributed by atoms with Crippen LogP contribution in [0.3, 0.4) is 0 Å². The number of benzene rings is 3. The van der Waals surface area contributed by atoms with Crippen LogP contribution in [0, 0.1) is 17.8 Å². The first-order valence-electron chi connectivity index (χ1n) is 14.3. The van der Waals surface area contributed by atoms with Crippen LogP contribution in [-0.2, 0) is 28.0 Å². The van der Waals surface area contributed by atoms with Crippen molar-refractivity contribution in [3.8, 4) is 5.75 Å². The highest BCUT2D eigenvalue weighted by Crippen LogP contribution is 2.64. The van der Waals surface area contributed by atoms with E-state index in [0.29, 0.717) is 35.3 Å². The van der Waals surface area contributed by atoms with Crippen molar-refractivity contribution >= 4 is 44.7 Å². The fourth-order valence-corrected chi connectivity index (χ4v) is 10.7. The number of sulfonamides is 1. The Hall–Kier alpha value is -3.38. The van der Waals surface area contributed by atoms with Gasteiger partial charge in [-0.2, -0.15) is 0 Å². The van der Waals surface area contributed by atoms with E-state index >= 15 is 0 Å². The third-order valence-corrected chi connectivity index (χ3v) is 12.7. The van der Waals surface area contributed by atoms with Crippen molar-refractivity contribution in [1.29, 1.82) is 0 Å². The summed E-state index contributed by atoms with van der Waals surface area (Å²) in [6, 6.07) is 24.1. The van der Waals surface area contributed by atoms with Gasteiger partial charge in [0.1, 0.15) is 18.9 Å². The number of carbonyl (C=O) groups excluding carboxylic acids is 1. The monoisotopic (exact) mass is 633 g/mol. The molecule has 0 radical (unpaired) electrons. The molecule has 2 aliphatic carbocycles. The number of thioether (sulfide) groups is 1. The molecule has 5 unspecified atom stereocenters. The van der Waals surface area contributed by atoms with Gasteiger partial charge in [0.25, 0.3) is 0 Å². The van der Waals surface area contributed by atoms with Gasteiger partial charge >= 0.3 is 4.87 Å². The minimum absolute atomic E-state index is 0.0349. The van der Waals surface area contributed by atoms with Crippen LogP contribution in [0.2, 0.25) is 0 Å². The molecule has 7 rings (SSSR count). The van der Waals surface area contributed by atoms with Crippen LogP contribution >= 0.6 is 23.1 Å². The summed E-state index contributed by atoms with van der Waals surface area (Å²) >= 11 is 3.04. The number of primary sulfonamides is 1. The summed E-state index contributed by atoms with van der Waals surface area (Å²) in [6.07, 6.45) is 3.68. The lowest BCUT2D eigenvalue weighted by Crippen LogP contribution is -2.34. The number of nitrogens with two attached hydrogens (primary N) is 1. The number of ether oxygens (including phenoxy) is 1. The van der Waals surface area contributed by atoms with Crippen molar-refractivity contribution < 1.29 is 17.9 Å². The van der Waals surface area contributed by atoms with Gasteiger partial charge in [-0.15, -0.1) is 11.8 Å². The summed E-state index contributed by atoms with van der Waals surface area (Å²) in [5.41, 5.74) is 2.73. The Morgan fingerprint density at radius 1 is 0.977 bits per heavy atom. The van der Waals surface area contributed by atoms with Gasteiger partial charge in [0, 0.05) is 21.7 Å². The zero-order valence-electron chi connectivity index (χ0n) is 23.2. The average Bonchev–Trinajstić information content (AvgIpc) is 3.70. The maximum Gasteiger partial charge on any atom is 0.308 e. The number of anilines is 1. The molecule has 2 bridgehead atoms. The molecule has 0 spiro atoms. The van der Waals surface area contributed by atoms with Crippen LogP contribution in [0.1, 0.15) is 41.2 Å². The number of amides is 1. The molecule has 1 aromatic heterocycles. The largest absolute Gasteiger partial charge is 0.489 e. The summed E-state index contributed by atoms with van der Waals surface area (Å²) in [5, 5.41) is 9.28. The van der Waals surface area contributed by atoms with Crippen molar-refractivity contribution in [1.82, 2.24) is 4.57 Å². The highest BCUT2D eigenvalue weighted by molar-refractivity contribution is 8.00. The molecule has 3 N–H and O–H groups in total. The number of hydrogen-bond donors (Lipinski definition) is 2. The van der Waals surface area contributed by atoms with Crippen molar-refractivity contribution in [2.75, 3.05) is 5.32 Å². The Morgan fingerprint density at radius 2 is 1.70 bits per heavy atom. The number of carbonyl (C=O) groups is 1. The molecular formula is C32H31N3O5S3. The van der Waals surface area contributed by atoms with Crippen LogP contribution in [-0.4, -0.2) is 24.1 Å². The van der Waals surface area contributed by atoms with Gasteiger partial charge in [-0.1, -0.05) is 53.8 Å². The first-order chi connectivity index (χ1) is 20.7. The van der Waals surface area contributed by atoms with E-state index < -0.39 is 10.0 Å². The predicted molar refractivity (Wildman–Crippen MR) is 168 cm³/mol. The normalized spacial score (nSPS) is 23.9. The standard InChI is InChI=1S/C32H31N3O5S3/c33-43(38,39)25-14-10-23(11-15-25)34-26(36)17-35-31-30(42-32(35)37)27(28-21-6-7-22(16-21)29(28)41-31)20-8-12-24(13-9-20)40-18-19-4-2-1-3-5-19/h1-5,8-15,21-22,27-29H,6-7,16-18H2,(H,34,36)(H2,33,38,39). The molecule has 1 amide bonds. The van der Waals surface area contributed by atoms with Crippen molar-refractivity contribution in [2.45, 2.75) is 53.5 Å². The van der Waals surface area contributed by atoms with Gasteiger partial charge in [-0.05, 0) is 84.5 Å². The lowest BCUT2D eigenvalue weighted by atomic mass is 9.75. The number of nitrogens with zero attached hydrogens (tertiary/aromatic N) is 1. The van der Waals surface area contributed by atoms with Gasteiger partial charge in [-0.3, -0.25) is 14.2 Å². The molecule has 2 saturated carbocycles. The van der Waals surface area contributed by atoms with Gasteiger partial charge in [0.15, 0.2) is 0 Å². The number of fused-ring (bicyclic) bond motifs is 6. The highest BCUT2D eigenvalue weighted by atomic mass is 32.2. The fourth-order valence-electron chi connectivity index (χ4n) is 7.04. The van der Waals surface area contributed by atoms with E-state index in [0.717, 1.165) is 21.2 Å². The Bertz CT molecular complexity index is 1820. The molecule has 4 aromatic rings. The first kappa shape index (κ1) is 28.4. The molecule has 3 aromatic carbocycles. The average molecular weight is 634 g/mol. The molecule has 11 heteroatoms. The molecule has 1 aliphatic heterocycles. The Morgan fingerprint density at radius 3 is 2.42 bits per heavy atom. The molecule has 43 heavy (non-hydrogen) atoms. The second kappa shape index (κ2) is 11.3. The fraction of sp³-hybridized carbons (Fsp3) is 0.312. The van der Waals surface area contributed by atoms with Crippen molar-refractivity contribution in [2.24, 2.45) is 22.9 Å². The molecule has 8 nitrogen and oxygen atoms in total. The van der Waals surface area contributed by atoms with Gasteiger partial charge < -0.3 is 10.1 Å². The number of aromatic nitrogens is 1. The zero-order chi connectivity index (χ0) is 29.7. The minimum atomic E-state index is -3.83. The van der Waals surface area contributed by atoms with E-state index in [9.17, 15) is 18.0 Å². The van der Waals surface area contributed by atoms with E-state index in [2.05, 4.69) is 17.4 Å². The molecule has 2 fully saturated rings. The van der Waals surface area contributed by atoms with Gasteiger partial charge in [0.2, 0.25) is 15.9 Å². The van der Waals surface area contributed by atoms with Crippen molar-refractivity contribution in [3.05, 3.63) is 105 Å². The second-order valence-corrected chi connectivity index (χ2v) is 15.3. The molecule has 5 atom stereocenters. The van der Waals surface area contributed by atoms with Crippen LogP contribution in [0.25, 0.3) is 0 Å². The van der Waals surface area contributed by atoms with Crippen LogP contribution < -0.4 is 20.1 Å². The number of hydrogen-bond acceptors (Lipinski definition) is 7. The topological polar surface area (TPSA) is 120 Å². The van der Waals surface area contributed by atoms with E-state index in [-0.39, 0.29) is 28.1 Å². The smallest absolute Gasteiger partial charge is 0.308 e. The van der Waals surface area contributed by atoms with E-state index in [1.807, 2.05) is 42.5 Å². The molecule has 2 heterocycles. The highest BCUT2D eigenvalue weighted by Gasteiger charge is 2.55. The maximum absolute atomic E-state index is 13.4. The van der Waals surface area contributed by atoms with E-state index in [1.165, 1.54) is 60.4 Å². The minimum Gasteiger partial charge on any atom is -0.489 e. The number of thiazole rings is 1. The summed E-state index contributed by atoms with van der Waals surface area (Å²) in [5.74, 6) is 2.29. The quantitative estimate of drug-likeness (QED) is 0.267. The van der Waals surface area contributed by atoms with E-state index in [4.69, 9.17) is 9.88 Å². The molecule has 3 aliphatic rings. The number of nitrogens with one attached hydrogen (secondary N) is 1. The predicted octanol–water partition coefficient (Wildman–Crippen LogP) is 5.43. The summed E-state index contributed by atoms with van der Waals surface area (Å²) in [4.78, 5) is 27.3. The summed E-state index contributed by atoms with van der Waals surface area (Å²) < 4.78 is 30.8. The third kappa shape index (κ3) is 5.55. The summed E-state index contributed by atoms with van der Waals surface area (Å²) in [6.45, 7) is 0.390. The van der Waals surface area contributed by atoms with Crippen molar-refractivity contribution in [3.63, 3.8) is 0 Å². The van der Waals surface area contributed by atoms with Crippen LogP contribution in [0.15, 0.2) is 93.6 Å². The summed E-state index contributed by atoms with van der Waals surface area (Å²) in [7, 11) is -3.83. The van der Waals surface area contributed by atoms with Gasteiger partial charge in [-0.25, -0.2) is 13.6 Å². The maximum atomic E-state index is 13.4. The van der Waals surface area contributed by atoms with Crippen LogP contribution in [0.4, 0.5) is 5.69 Å². The first-order valence-corrected chi connectivity index (χ1v) is 17.6. The molecule has 0 saturated heterocycles. The molecule has 222 valence electrons. The SMILES string of the molecule is NS(=O)(=O)c1ccc(NC(=O)Cn2c3c(sc2=O)C(c2ccc(OCc4ccccc4)cc2)C2C4CCC(C4)C2S3)cc1. The Labute approximate surface area is 258 Å². The Balaban J connectivity index is 1.14. The van der Waals surface area contributed by atoms with E-state index in [1.54, 1.807) is 16.3 Å². The molecular weight excluding hydrogens is 603 g/mol. The third-order valence-electron chi connectivity index (χ3n) is 8.95. The lowest BCUT2D eigenvalue weighted by molar-refractivity contribution is -0.116. The lowest BCUT2D eigenvalue weighted by Gasteiger charge is -2.40. The Kier molecular flexibility index (Phi) is 7.45. The zero-order valence-corrected chi connectivity index (χ0v) is 25.7. The van der Waals surface area contributed by atoms with Crippen LogP contribution in [0.5, 0.6) is 5.75 Å². The number of rotatable bonds is 8. The second-order valence-electron chi connectivity index (χ2n) is 11.6. The van der Waals surface area contributed by atoms with Gasteiger partial charge in [0.05, 0.1) is 9.92 Å².